The Labute approximate surface area is 191 Å². The van der Waals surface area contributed by atoms with Crippen molar-refractivity contribution >= 4 is 34.1 Å². The number of ether oxygens (including phenoxy) is 1. The van der Waals surface area contributed by atoms with Crippen molar-refractivity contribution in [1.82, 2.24) is 10.3 Å². The van der Waals surface area contributed by atoms with Gasteiger partial charge in [-0.05, 0) is 55.3 Å². The van der Waals surface area contributed by atoms with E-state index in [2.05, 4.69) is 10.3 Å². The van der Waals surface area contributed by atoms with E-state index in [9.17, 15) is 4.79 Å². The number of aromatic nitrogens is 1. The Morgan fingerprint density at radius 1 is 1.19 bits per heavy atom. The molecule has 1 amide bonds. The van der Waals surface area contributed by atoms with Crippen LogP contribution in [0.2, 0.25) is 5.02 Å². The lowest BCUT2D eigenvalue weighted by molar-refractivity contribution is -0.116. The summed E-state index contributed by atoms with van der Waals surface area (Å²) in [6, 6.07) is 17.1. The number of nitrogens with zero attached hydrogens (tertiary/aromatic N) is 1. The van der Waals surface area contributed by atoms with Gasteiger partial charge in [0.15, 0.2) is 0 Å². The van der Waals surface area contributed by atoms with E-state index in [0.717, 1.165) is 38.9 Å². The van der Waals surface area contributed by atoms with Gasteiger partial charge in [0.05, 0.1) is 25.1 Å². The van der Waals surface area contributed by atoms with Crippen molar-refractivity contribution in [3.63, 3.8) is 0 Å². The zero-order valence-electron chi connectivity index (χ0n) is 17.9. The van der Waals surface area contributed by atoms with Gasteiger partial charge in [-0.15, -0.1) is 0 Å². The van der Waals surface area contributed by atoms with Gasteiger partial charge in [0.1, 0.15) is 11.3 Å². The van der Waals surface area contributed by atoms with E-state index in [1.807, 2.05) is 68.4 Å². The number of carbonyl (C=O) groups excluding carboxylic acids is 1. The highest BCUT2D eigenvalue weighted by molar-refractivity contribution is 6.30. The number of nitrogens with one attached hydrogen (secondary N) is 1. The van der Waals surface area contributed by atoms with E-state index in [1.54, 1.807) is 18.5 Å². The van der Waals surface area contributed by atoms with Crippen LogP contribution in [0.3, 0.4) is 0 Å². The molecule has 4 aromatic rings. The number of hydrogen-bond donors (Lipinski definition) is 1. The Morgan fingerprint density at radius 2 is 2.00 bits per heavy atom. The fourth-order valence-electron chi connectivity index (χ4n) is 3.50. The van der Waals surface area contributed by atoms with Gasteiger partial charge >= 0.3 is 0 Å². The first kappa shape index (κ1) is 21.7. The van der Waals surface area contributed by atoms with Crippen molar-refractivity contribution in [3.8, 4) is 16.9 Å². The first-order valence-electron chi connectivity index (χ1n) is 10.4. The van der Waals surface area contributed by atoms with Crippen molar-refractivity contribution in [2.24, 2.45) is 0 Å². The molecule has 0 aliphatic heterocycles. The number of hydrogen-bond acceptors (Lipinski definition) is 4. The van der Waals surface area contributed by atoms with E-state index in [4.69, 9.17) is 20.8 Å². The van der Waals surface area contributed by atoms with Gasteiger partial charge in [0.2, 0.25) is 5.91 Å². The fraction of sp³-hybridized carbons (Fsp3) is 0.154. The molecule has 32 heavy (non-hydrogen) atoms. The lowest BCUT2D eigenvalue weighted by Crippen LogP contribution is -2.21. The monoisotopic (exact) mass is 446 g/mol. The number of rotatable bonds is 7. The lowest BCUT2D eigenvalue weighted by atomic mass is 9.99. The summed E-state index contributed by atoms with van der Waals surface area (Å²) < 4.78 is 11.7. The summed E-state index contributed by atoms with van der Waals surface area (Å²) in [5.41, 5.74) is 5.09. The second-order valence-corrected chi connectivity index (χ2v) is 7.74. The number of pyridine rings is 1. The summed E-state index contributed by atoms with van der Waals surface area (Å²) in [5.74, 6) is 0.476. The van der Waals surface area contributed by atoms with Crippen molar-refractivity contribution < 1.29 is 13.9 Å². The average molecular weight is 447 g/mol. The molecule has 0 radical (unpaired) electrons. The van der Waals surface area contributed by atoms with E-state index in [0.29, 0.717) is 23.9 Å². The van der Waals surface area contributed by atoms with Gasteiger partial charge in [-0.3, -0.25) is 9.78 Å². The molecule has 162 valence electrons. The second kappa shape index (κ2) is 9.71. The molecule has 0 aliphatic rings. The van der Waals surface area contributed by atoms with Crippen LogP contribution >= 0.6 is 11.6 Å². The summed E-state index contributed by atoms with van der Waals surface area (Å²) >= 11 is 6.04. The maximum atomic E-state index is 12.5. The maximum absolute atomic E-state index is 12.5. The molecule has 0 saturated heterocycles. The Morgan fingerprint density at radius 3 is 2.72 bits per heavy atom. The number of amides is 1. The third kappa shape index (κ3) is 4.84. The summed E-state index contributed by atoms with van der Waals surface area (Å²) in [4.78, 5) is 16.7. The van der Waals surface area contributed by atoms with Crippen LogP contribution in [0.25, 0.3) is 27.7 Å². The maximum Gasteiger partial charge on any atom is 0.244 e. The topological polar surface area (TPSA) is 64.4 Å². The highest BCUT2D eigenvalue weighted by Crippen LogP contribution is 2.37. The fourth-order valence-corrected chi connectivity index (χ4v) is 3.62. The van der Waals surface area contributed by atoms with Gasteiger partial charge < -0.3 is 14.5 Å². The standard InChI is InChI=1S/C26H23ClN2O3/c1-3-31-24-14-25-22(23(16-32-25)18-7-9-19(27)10-8-18)13-21(24)17(2)12-26(30)29-15-20-6-4-5-11-28-20/h4-14,16H,3,15H2,1-2H3,(H,29,30)/b17-12+. The highest BCUT2D eigenvalue weighted by Gasteiger charge is 2.15. The molecule has 0 atom stereocenters. The van der Waals surface area contributed by atoms with Gasteiger partial charge in [0, 0.05) is 39.9 Å². The molecule has 0 unspecified atom stereocenters. The molecular formula is C26H23ClN2O3. The third-order valence-electron chi connectivity index (χ3n) is 5.07. The van der Waals surface area contributed by atoms with Crippen molar-refractivity contribution in [2.45, 2.75) is 20.4 Å². The quantitative estimate of drug-likeness (QED) is 0.340. The van der Waals surface area contributed by atoms with Crippen molar-refractivity contribution in [1.29, 1.82) is 0 Å². The lowest BCUT2D eigenvalue weighted by Gasteiger charge is -2.12. The van der Waals surface area contributed by atoms with E-state index in [1.165, 1.54) is 0 Å². The largest absolute Gasteiger partial charge is 0.493 e. The van der Waals surface area contributed by atoms with Crippen molar-refractivity contribution in [2.75, 3.05) is 6.61 Å². The predicted octanol–water partition coefficient (Wildman–Crippen LogP) is 6.27. The summed E-state index contributed by atoms with van der Waals surface area (Å²) in [6.07, 6.45) is 5.01. The third-order valence-corrected chi connectivity index (χ3v) is 5.33. The van der Waals surface area contributed by atoms with Crippen LogP contribution in [0.1, 0.15) is 25.1 Å². The minimum Gasteiger partial charge on any atom is -0.493 e. The summed E-state index contributed by atoms with van der Waals surface area (Å²) in [7, 11) is 0. The molecule has 0 bridgehead atoms. The summed E-state index contributed by atoms with van der Waals surface area (Å²) in [5, 5.41) is 4.49. The van der Waals surface area contributed by atoms with E-state index >= 15 is 0 Å². The van der Waals surface area contributed by atoms with Gasteiger partial charge in [-0.25, -0.2) is 0 Å². The zero-order chi connectivity index (χ0) is 22.5. The van der Waals surface area contributed by atoms with Gasteiger partial charge in [-0.2, -0.15) is 0 Å². The predicted molar refractivity (Wildman–Crippen MR) is 128 cm³/mol. The molecule has 0 fully saturated rings. The number of benzene rings is 2. The highest BCUT2D eigenvalue weighted by atomic mass is 35.5. The number of halogens is 1. The molecule has 0 aliphatic carbocycles. The Balaban J connectivity index is 1.66. The first-order valence-corrected chi connectivity index (χ1v) is 10.7. The molecule has 1 N–H and O–H groups in total. The molecule has 5 nitrogen and oxygen atoms in total. The van der Waals surface area contributed by atoms with Crippen LogP contribution in [0, 0.1) is 0 Å². The molecule has 6 heteroatoms. The minimum atomic E-state index is -0.194. The first-order chi connectivity index (χ1) is 15.5. The van der Waals surface area contributed by atoms with Crippen LogP contribution in [-0.4, -0.2) is 17.5 Å². The smallest absolute Gasteiger partial charge is 0.244 e. The van der Waals surface area contributed by atoms with Gasteiger partial charge in [-0.1, -0.05) is 29.8 Å². The van der Waals surface area contributed by atoms with E-state index < -0.39 is 0 Å². The second-order valence-electron chi connectivity index (χ2n) is 7.30. The van der Waals surface area contributed by atoms with E-state index in [-0.39, 0.29) is 5.91 Å². The minimum absolute atomic E-state index is 0.194. The molecule has 2 aromatic heterocycles. The molecule has 0 saturated carbocycles. The molecule has 2 heterocycles. The van der Waals surface area contributed by atoms with Crippen molar-refractivity contribution in [3.05, 3.63) is 89.4 Å². The Bertz CT molecular complexity index is 1260. The SMILES string of the molecule is CCOc1cc2occ(-c3ccc(Cl)cc3)c2cc1/C(C)=C/C(=O)NCc1ccccn1. The van der Waals surface area contributed by atoms with Crippen LogP contribution in [-0.2, 0) is 11.3 Å². The normalized spacial score (nSPS) is 11.5. The average Bonchev–Trinajstić information content (AvgIpc) is 3.21. The number of carbonyl (C=O) groups is 1. The van der Waals surface area contributed by atoms with Gasteiger partial charge in [0.25, 0.3) is 0 Å². The Kier molecular flexibility index (Phi) is 6.57. The molecule has 2 aromatic carbocycles. The van der Waals surface area contributed by atoms with Crippen LogP contribution in [0.4, 0.5) is 0 Å². The molecule has 4 rings (SSSR count). The number of allylic oxidation sites excluding steroid dienone is 1. The number of furan rings is 1. The zero-order valence-corrected chi connectivity index (χ0v) is 18.6. The molecular weight excluding hydrogens is 424 g/mol. The number of fused-ring (bicyclic) bond motifs is 1. The molecule has 0 spiro atoms. The van der Waals surface area contributed by atoms with Crippen LogP contribution < -0.4 is 10.1 Å². The van der Waals surface area contributed by atoms with Crippen LogP contribution in [0.5, 0.6) is 5.75 Å². The Hall–Kier alpha value is -3.57. The summed E-state index contributed by atoms with van der Waals surface area (Å²) in [6.45, 7) is 4.69. The van der Waals surface area contributed by atoms with Crippen LogP contribution in [0.15, 0.2) is 77.6 Å².